The molecule has 0 aliphatic rings. The Morgan fingerprint density at radius 3 is 2.00 bits per heavy atom. The molecule has 30 heavy (non-hydrogen) atoms. The molecule has 3 aromatic carbocycles. The predicted octanol–water partition coefficient (Wildman–Crippen LogP) is 3.75. The molecule has 0 spiro atoms. The highest BCUT2D eigenvalue weighted by Crippen LogP contribution is 2.26. The maximum atomic E-state index is 12.5. The van der Waals surface area contributed by atoms with Crippen LogP contribution < -0.4 is 14.8 Å². The van der Waals surface area contributed by atoms with Crippen LogP contribution in [-0.2, 0) is 22.7 Å². The van der Waals surface area contributed by atoms with Gasteiger partial charge >= 0.3 is 5.97 Å². The third-order valence-electron chi connectivity index (χ3n) is 4.30. The molecule has 154 valence electrons. The molecule has 0 fully saturated rings. The Morgan fingerprint density at radius 2 is 1.40 bits per heavy atom. The van der Waals surface area contributed by atoms with E-state index in [4.69, 9.17) is 9.47 Å². The Kier molecular flexibility index (Phi) is 7.44. The highest BCUT2D eigenvalue weighted by molar-refractivity contribution is 5.98. The van der Waals surface area contributed by atoms with Gasteiger partial charge in [-0.1, -0.05) is 60.7 Å². The number of methoxy groups -OCH3 is 1. The van der Waals surface area contributed by atoms with Gasteiger partial charge in [0.2, 0.25) is 0 Å². The third kappa shape index (κ3) is 6.10. The predicted molar refractivity (Wildman–Crippen MR) is 112 cm³/mol. The van der Waals surface area contributed by atoms with Crippen LogP contribution in [0.3, 0.4) is 0 Å². The lowest BCUT2D eigenvalue weighted by Gasteiger charge is -2.14. The van der Waals surface area contributed by atoms with E-state index in [1.54, 1.807) is 18.2 Å². The van der Waals surface area contributed by atoms with Crippen LogP contribution in [-0.4, -0.2) is 25.5 Å². The summed E-state index contributed by atoms with van der Waals surface area (Å²) >= 11 is 0. The van der Waals surface area contributed by atoms with E-state index in [2.05, 4.69) is 10.1 Å². The van der Waals surface area contributed by atoms with Gasteiger partial charge in [-0.25, -0.2) is 0 Å². The summed E-state index contributed by atoms with van der Waals surface area (Å²) in [5.41, 5.74) is 2.31. The molecule has 0 aliphatic carbocycles. The Bertz CT molecular complexity index is 973. The summed E-state index contributed by atoms with van der Waals surface area (Å²) in [4.78, 5) is 23.9. The van der Waals surface area contributed by atoms with Crippen molar-refractivity contribution in [3.05, 3.63) is 95.6 Å². The number of amides is 1. The smallest absolute Gasteiger partial charge is 0.325 e. The van der Waals surface area contributed by atoms with Gasteiger partial charge < -0.3 is 19.5 Å². The first-order chi connectivity index (χ1) is 14.7. The van der Waals surface area contributed by atoms with Crippen LogP contribution in [0.15, 0.2) is 78.9 Å². The SMILES string of the molecule is COC(=O)CNC(=O)c1ccc(OCc2ccccc2)cc1OCc1ccccc1. The summed E-state index contributed by atoms with van der Waals surface area (Å²) in [6.45, 7) is 0.465. The van der Waals surface area contributed by atoms with E-state index < -0.39 is 11.9 Å². The van der Waals surface area contributed by atoms with E-state index in [0.717, 1.165) is 11.1 Å². The van der Waals surface area contributed by atoms with E-state index in [-0.39, 0.29) is 6.54 Å². The number of hydrogen-bond acceptors (Lipinski definition) is 5. The molecule has 0 saturated carbocycles. The molecular weight excluding hydrogens is 382 g/mol. The zero-order valence-electron chi connectivity index (χ0n) is 16.7. The molecule has 0 aliphatic heterocycles. The fraction of sp³-hybridized carbons (Fsp3) is 0.167. The van der Waals surface area contributed by atoms with Crippen molar-refractivity contribution in [1.82, 2.24) is 5.32 Å². The summed E-state index contributed by atoms with van der Waals surface area (Å²) in [5, 5.41) is 2.53. The highest BCUT2D eigenvalue weighted by Gasteiger charge is 2.15. The summed E-state index contributed by atoms with van der Waals surface area (Å²) in [7, 11) is 1.27. The first-order valence-electron chi connectivity index (χ1n) is 9.48. The minimum atomic E-state index is -0.530. The van der Waals surface area contributed by atoms with Crippen LogP contribution in [0.1, 0.15) is 21.5 Å². The van der Waals surface area contributed by atoms with Crippen LogP contribution >= 0.6 is 0 Å². The van der Waals surface area contributed by atoms with Crippen molar-refractivity contribution in [3.63, 3.8) is 0 Å². The third-order valence-corrected chi connectivity index (χ3v) is 4.30. The van der Waals surface area contributed by atoms with Gasteiger partial charge in [0.15, 0.2) is 0 Å². The zero-order valence-corrected chi connectivity index (χ0v) is 16.7. The second kappa shape index (κ2) is 10.7. The number of esters is 1. The molecule has 6 heteroatoms. The van der Waals surface area contributed by atoms with Gasteiger partial charge in [-0.2, -0.15) is 0 Å². The van der Waals surface area contributed by atoms with Crippen molar-refractivity contribution < 1.29 is 23.8 Å². The molecule has 6 nitrogen and oxygen atoms in total. The van der Waals surface area contributed by atoms with Crippen LogP contribution in [0, 0.1) is 0 Å². The summed E-state index contributed by atoms with van der Waals surface area (Å²) < 4.78 is 16.3. The fourth-order valence-electron chi connectivity index (χ4n) is 2.70. The zero-order chi connectivity index (χ0) is 21.2. The minimum Gasteiger partial charge on any atom is -0.489 e. The number of benzene rings is 3. The number of ether oxygens (including phenoxy) is 3. The number of rotatable bonds is 9. The Balaban J connectivity index is 1.75. The molecule has 1 amide bonds. The molecule has 0 atom stereocenters. The highest BCUT2D eigenvalue weighted by atomic mass is 16.5. The Hall–Kier alpha value is -3.80. The molecule has 0 saturated heterocycles. The van der Waals surface area contributed by atoms with Crippen LogP contribution in [0.2, 0.25) is 0 Å². The van der Waals surface area contributed by atoms with Gasteiger partial charge in [0.25, 0.3) is 5.91 Å². The first kappa shape index (κ1) is 20.9. The van der Waals surface area contributed by atoms with Gasteiger partial charge in [0.05, 0.1) is 12.7 Å². The normalized spacial score (nSPS) is 10.2. The van der Waals surface area contributed by atoms with E-state index >= 15 is 0 Å². The second-order valence-corrected chi connectivity index (χ2v) is 6.47. The number of carbonyl (C=O) groups is 2. The molecule has 0 unspecified atom stereocenters. The first-order valence-corrected chi connectivity index (χ1v) is 9.48. The van der Waals surface area contributed by atoms with Gasteiger partial charge in [0.1, 0.15) is 31.3 Å². The molecule has 3 rings (SSSR count). The molecular formula is C24H23NO5. The summed E-state index contributed by atoms with van der Waals surface area (Å²) in [6.07, 6.45) is 0. The van der Waals surface area contributed by atoms with E-state index in [1.165, 1.54) is 7.11 Å². The molecule has 0 aromatic heterocycles. The summed E-state index contributed by atoms with van der Waals surface area (Å²) in [5.74, 6) is -0.0193. The molecule has 1 N–H and O–H groups in total. The van der Waals surface area contributed by atoms with Crippen LogP contribution in [0.25, 0.3) is 0 Å². The maximum Gasteiger partial charge on any atom is 0.325 e. The maximum absolute atomic E-state index is 12.5. The topological polar surface area (TPSA) is 73.9 Å². The fourth-order valence-corrected chi connectivity index (χ4v) is 2.70. The van der Waals surface area contributed by atoms with Crippen LogP contribution in [0.4, 0.5) is 0 Å². The molecule has 3 aromatic rings. The van der Waals surface area contributed by atoms with Crippen molar-refractivity contribution in [2.45, 2.75) is 13.2 Å². The van der Waals surface area contributed by atoms with E-state index in [9.17, 15) is 9.59 Å². The standard InChI is InChI=1S/C24H23NO5/c1-28-23(26)15-25-24(27)21-13-12-20(29-16-18-8-4-2-5-9-18)14-22(21)30-17-19-10-6-3-7-11-19/h2-14H,15-17H2,1H3,(H,25,27). The quantitative estimate of drug-likeness (QED) is 0.549. The molecule has 0 radical (unpaired) electrons. The van der Waals surface area contributed by atoms with Crippen molar-refractivity contribution in [3.8, 4) is 11.5 Å². The van der Waals surface area contributed by atoms with Gasteiger partial charge in [-0.3, -0.25) is 9.59 Å². The lowest BCUT2D eigenvalue weighted by atomic mass is 10.1. The van der Waals surface area contributed by atoms with Crippen molar-refractivity contribution in [1.29, 1.82) is 0 Å². The lowest BCUT2D eigenvalue weighted by Crippen LogP contribution is -2.30. The second-order valence-electron chi connectivity index (χ2n) is 6.47. The van der Waals surface area contributed by atoms with Gasteiger partial charge in [0, 0.05) is 6.07 Å². The summed E-state index contributed by atoms with van der Waals surface area (Å²) in [6, 6.07) is 24.4. The number of carbonyl (C=O) groups excluding carboxylic acids is 2. The Labute approximate surface area is 175 Å². The largest absolute Gasteiger partial charge is 0.489 e. The number of nitrogens with one attached hydrogen (secondary N) is 1. The van der Waals surface area contributed by atoms with Gasteiger partial charge in [-0.15, -0.1) is 0 Å². The van der Waals surface area contributed by atoms with Crippen molar-refractivity contribution in [2.75, 3.05) is 13.7 Å². The van der Waals surface area contributed by atoms with Crippen LogP contribution in [0.5, 0.6) is 11.5 Å². The van der Waals surface area contributed by atoms with Crippen molar-refractivity contribution in [2.24, 2.45) is 0 Å². The van der Waals surface area contributed by atoms with E-state index in [0.29, 0.717) is 30.3 Å². The average molecular weight is 405 g/mol. The minimum absolute atomic E-state index is 0.223. The molecule has 0 bridgehead atoms. The lowest BCUT2D eigenvalue weighted by molar-refractivity contribution is -0.139. The van der Waals surface area contributed by atoms with Gasteiger partial charge in [-0.05, 0) is 23.3 Å². The Morgan fingerprint density at radius 1 is 0.800 bits per heavy atom. The number of hydrogen-bond donors (Lipinski definition) is 1. The van der Waals surface area contributed by atoms with Crippen molar-refractivity contribution >= 4 is 11.9 Å². The molecule has 0 heterocycles. The average Bonchev–Trinajstić information content (AvgIpc) is 2.81. The monoisotopic (exact) mass is 405 g/mol. The van der Waals surface area contributed by atoms with E-state index in [1.807, 2.05) is 60.7 Å².